The molecule has 0 bridgehead atoms. The molecule has 120 valence electrons. The molecule has 1 fully saturated rings. The highest BCUT2D eigenvalue weighted by Crippen LogP contribution is 2.23. The Morgan fingerprint density at radius 2 is 2.09 bits per heavy atom. The Balaban J connectivity index is 1.82. The first-order valence-electron chi connectivity index (χ1n) is 6.98. The second-order valence-corrected chi connectivity index (χ2v) is 6.90. The monoisotopic (exact) mass is 326 g/mol. The predicted octanol–water partition coefficient (Wildman–Crippen LogP) is -0.788. The van der Waals surface area contributed by atoms with Crippen molar-refractivity contribution in [3.63, 3.8) is 0 Å². The molecule has 1 saturated heterocycles. The van der Waals surface area contributed by atoms with Gasteiger partial charge in [-0.1, -0.05) is 0 Å². The number of ether oxygens (including phenoxy) is 1. The summed E-state index contributed by atoms with van der Waals surface area (Å²) < 4.78 is 31.7. The van der Waals surface area contributed by atoms with Gasteiger partial charge in [-0.3, -0.25) is 0 Å². The SMILES string of the molecule is CS(=O)(=O)NCCn1ncc2c(N3CCOCC3)ncnc21. The van der Waals surface area contributed by atoms with Crippen molar-refractivity contribution < 1.29 is 13.2 Å². The van der Waals surface area contributed by atoms with Crippen molar-refractivity contribution in [1.82, 2.24) is 24.5 Å². The highest BCUT2D eigenvalue weighted by molar-refractivity contribution is 7.88. The van der Waals surface area contributed by atoms with Crippen molar-refractivity contribution in [1.29, 1.82) is 0 Å². The van der Waals surface area contributed by atoms with Crippen molar-refractivity contribution >= 4 is 26.9 Å². The van der Waals surface area contributed by atoms with Crippen LogP contribution >= 0.6 is 0 Å². The van der Waals surface area contributed by atoms with E-state index in [2.05, 4.69) is 24.7 Å². The lowest BCUT2D eigenvalue weighted by molar-refractivity contribution is 0.122. The fraction of sp³-hybridized carbons (Fsp3) is 0.583. The minimum absolute atomic E-state index is 0.270. The summed E-state index contributed by atoms with van der Waals surface area (Å²) in [5.74, 6) is 0.843. The summed E-state index contributed by atoms with van der Waals surface area (Å²) in [7, 11) is -3.20. The van der Waals surface area contributed by atoms with Gasteiger partial charge in [0.25, 0.3) is 0 Å². The van der Waals surface area contributed by atoms with Gasteiger partial charge in [0.15, 0.2) is 5.65 Å². The van der Waals surface area contributed by atoms with Gasteiger partial charge in [0.1, 0.15) is 12.1 Å². The van der Waals surface area contributed by atoms with Crippen LogP contribution in [0.4, 0.5) is 5.82 Å². The average Bonchev–Trinajstić information content (AvgIpc) is 2.90. The van der Waals surface area contributed by atoms with Crippen LogP contribution in [0.5, 0.6) is 0 Å². The van der Waals surface area contributed by atoms with Gasteiger partial charge in [0.05, 0.1) is 37.6 Å². The van der Waals surface area contributed by atoms with Crippen LogP contribution in [0.1, 0.15) is 0 Å². The molecule has 0 unspecified atom stereocenters. The highest BCUT2D eigenvalue weighted by atomic mass is 32.2. The number of rotatable bonds is 5. The van der Waals surface area contributed by atoms with Crippen molar-refractivity contribution in [2.75, 3.05) is 44.0 Å². The zero-order valence-corrected chi connectivity index (χ0v) is 13.1. The molecule has 1 N–H and O–H groups in total. The van der Waals surface area contributed by atoms with E-state index in [0.29, 0.717) is 25.4 Å². The van der Waals surface area contributed by atoms with Gasteiger partial charge in [0, 0.05) is 19.6 Å². The third kappa shape index (κ3) is 3.34. The number of hydrogen-bond acceptors (Lipinski definition) is 7. The highest BCUT2D eigenvalue weighted by Gasteiger charge is 2.17. The summed E-state index contributed by atoms with van der Waals surface area (Å²) in [6, 6.07) is 0. The maximum absolute atomic E-state index is 11.1. The minimum Gasteiger partial charge on any atom is -0.378 e. The van der Waals surface area contributed by atoms with Crippen molar-refractivity contribution in [3.8, 4) is 0 Å². The van der Waals surface area contributed by atoms with Gasteiger partial charge >= 0.3 is 0 Å². The summed E-state index contributed by atoms with van der Waals surface area (Å²) in [6.45, 7) is 3.61. The molecule has 0 saturated carbocycles. The van der Waals surface area contributed by atoms with Gasteiger partial charge in [-0.15, -0.1) is 0 Å². The molecule has 0 aliphatic carbocycles. The Morgan fingerprint density at radius 3 is 2.82 bits per heavy atom. The van der Waals surface area contributed by atoms with Crippen LogP contribution in [0.25, 0.3) is 11.0 Å². The molecule has 9 nitrogen and oxygen atoms in total. The van der Waals surface area contributed by atoms with Crippen LogP contribution < -0.4 is 9.62 Å². The molecule has 3 rings (SSSR count). The number of aromatic nitrogens is 4. The Labute approximate surface area is 128 Å². The normalized spacial score (nSPS) is 16.3. The fourth-order valence-electron chi connectivity index (χ4n) is 2.41. The van der Waals surface area contributed by atoms with Crippen LogP contribution in [0.2, 0.25) is 0 Å². The Bertz CT molecular complexity index is 753. The standard InChI is InChI=1S/C12H18N6O3S/c1-22(19,20)16-2-3-18-12-10(8-15-18)11(13-9-14-12)17-4-6-21-7-5-17/h8-9,16H,2-7H2,1H3. The topological polar surface area (TPSA) is 102 Å². The lowest BCUT2D eigenvalue weighted by Crippen LogP contribution is -2.36. The molecule has 22 heavy (non-hydrogen) atoms. The van der Waals surface area contributed by atoms with E-state index in [1.807, 2.05) is 0 Å². The summed E-state index contributed by atoms with van der Waals surface area (Å²) in [5, 5.41) is 5.16. The lowest BCUT2D eigenvalue weighted by Gasteiger charge is -2.27. The van der Waals surface area contributed by atoms with E-state index in [1.54, 1.807) is 10.9 Å². The maximum Gasteiger partial charge on any atom is 0.208 e. The number of nitrogens with one attached hydrogen (secondary N) is 1. The van der Waals surface area contributed by atoms with E-state index in [9.17, 15) is 8.42 Å². The van der Waals surface area contributed by atoms with E-state index < -0.39 is 10.0 Å². The second-order valence-electron chi connectivity index (χ2n) is 5.07. The lowest BCUT2D eigenvalue weighted by atomic mass is 10.3. The van der Waals surface area contributed by atoms with Crippen molar-refractivity contribution in [3.05, 3.63) is 12.5 Å². The Kier molecular flexibility index (Phi) is 4.23. The molecule has 2 aromatic heterocycles. The summed E-state index contributed by atoms with van der Waals surface area (Å²) in [5.41, 5.74) is 0.701. The first-order valence-corrected chi connectivity index (χ1v) is 8.87. The number of nitrogens with zero attached hydrogens (tertiary/aromatic N) is 5. The first-order chi connectivity index (χ1) is 10.5. The van der Waals surface area contributed by atoms with Crippen LogP contribution in [0.15, 0.2) is 12.5 Å². The molecule has 0 radical (unpaired) electrons. The molecule has 1 aliphatic rings. The fourth-order valence-corrected chi connectivity index (χ4v) is 2.87. The Hall–Kier alpha value is -1.78. The van der Waals surface area contributed by atoms with E-state index in [0.717, 1.165) is 30.5 Å². The minimum atomic E-state index is -3.20. The van der Waals surface area contributed by atoms with Crippen molar-refractivity contribution in [2.24, 2.45) is 0 Å². The molecule has 10 heteroatoms. The summed E-state index contributed by atoms with van der Waals surface area (Å²) >= 11 is 0. The molecule has 3 heterocycles. The van der Waals surface area contributed by atoms with Crippen LogP contribution in [-0.2, 0) is 21.3 Å². The van der Waals surface area contributed by atoms with Crippen LogP contribution in [0, 0.1) is 0 Å². The summed E-state index contributed by atoms with van der Waals surface area (Å²) in [4.78, 5) is 10.8. The number of morpholine rings is 1. The number of fused-ring (bicyclic) bond motifs is 1. The van der Waals surface area contributed by atoms with Crippen LogP contribution in [-0.4, -0.2) is 67.3 Å². The molecule has 1 aliphatic heterocycles. The van der Waals surface area contributed by atoms with E-state index in [4.69, 9.17) is 4.74 Å². The second kappa shape index (κ2) is 6.15. The molecule has 0 spiro atoms. The van der Waals surface area contributed by atoms with Crippen LogP contribution in [0.3, 0.4) is 0 Å². The smallest absolute Gasteiger partial charge is 0.208 e. The van der Waals surface area contributed by atoms with Crippen molar-refractivity contribution in [2.45, 2.75) is 6.54 Å². The third-order valence-electron chi connectivity index (χ3n) is 3.41. The molecular formula is C12H18N6O3S. The van der Waals surface area contributed by atoms with Gasteiger partial charge in [-0.05, 0) is 0 Å². The number of hydrogen-bond donors (Lipinski definition) is 1. The van der Waals surface area contributed by atoms with E-state index >= 15 is 0 Å². The van der Waals surface area contributed by atoms with Gasteiger partial charge in [-0.25, -0.2) is 27.8 Å². The quantitative estimate of drug-likeness (QED) is 0.768. The van der Waals surface area contributed by atoms with Gasteiger partial charge in [-0.2, -0.15) is 5.10 Å². The zero-order valence-electron chi connectivity index (χ0n) is 12.3. The predicted molar refractivity (Wildman–Crippen MR) is 81.2 cm³/mol. The van der Waals surface area contributed by atoms with Gasteiger partial charge in [0.2, 0.25) is 10.0 Å². The number of sulfonamides is 1. The third-order valence-corrected chi connectivity index (χ3v) is 4.14. The first kappa shape index (κ1) is 15.1. The molecule has 0 amide bonds. The van der Waals surface area contributed by atoms with E-state index in [1.165, 1.54) is 6.33 Å². The largest absolute Gasteiger partial charge is 0.378 e. The van der Waals surface area contributed by atoms with E-state index in [-0.39, 0.29) is 6.54 Å². The molecular weight excluding hydrogens is 308 g/mol. The molecule has 0 atom stereocenters. The number of anilines is 1. The maximum atomic E-state index is 11.1. The van der Waals surface area contributed by atoms with Gasteiger partial charge < -0.3 is 9.64 Å². The summed E-state index contributed by atoms with van der Waals surface area (Å²) in [6.07, 6.45) is 4.36. The average molecular weight is 326 g/mol. The molecule has 0 aromatic carbocycles. The molecule has 2 aromatic rings. The zero-order chi connectivity index (χ0) is 15.6. The Morgan fingerprint density at radius 1 is 1.32 bits per heavy atom.